The van der Waals surface area contributed by atoms with E-state index in [1.165, 1.54) is 109 Å². The van der Waals surface area contributed by atoms with Crippen molar-refractivity contribution >= 4 is 13.8 Å². The van der Waals surface area contributed by atoms with Crippen LogP contribution in [0.4, 0.5) is 0 Å². The highest BCUT2D eigenvalue weighted by molar-refractivity contribution is 7.47. The zero-order valence-electron chi connectivity index (χ0n) is 35.2. The number of carbonyl (C=O) groups excluding carboxylic acids is 1. The molecule has 1 saturated carbocycles. The van der Waals surface area contributed by atoms with Crippen molar-refractivity contribution in [1.29, 1.82) is 0 Å². The summed E-state index contributed by atoms with van der Waals surface area (Å²) in [5.41, 5.74) is 0. The van der Waals surface area contributed by atoms with Gasteiger partial charge >= 0.3 is 13.8 Å². The van der Waals surface area contributed by atoms with E-state index in [2.05, 4.69) is 26.0 Å². The monoisotopic (exact) mass is 823 g/mol. The lowest BCUT2D eigenvalue weighted by Crippen LogP contribution is -2.64. The molecule has 6 unspecified atom stereocenters. The largest absolute Gasteiger partial charge is 0.472 e. The molecule has 13 heteroatoms. The molecular weight excluding hydrogens is 739 g/mol. The van der Waals surface area contributed by atoms with Crippen LogP contribution in [0.15, 0.2) is 12.2 Å². The number of allylic oxidation sites excluding steroid dienone is 2. The van der Waals surface area contributed by atoms with Crippen LogP contribution in [0, 0.1) is 0 Å². The molecule has 332 valence electrons. The van der Waals surface area contributed by atoms with Crippen LogP contribution >= 0.6 is 7.82 Å². The molecule has 12 nitrogen and oxygen atoms in total. The third-order valence-corrected chi connectivity index (χ3v) is 11.6. The van der Waals surface area contributed by atoms with E-state index in [0.717, 1.165) is 57.8 Å². The summed E-state index contributed by atoms with van der Waals surface area (Å²) < 4.78 is 34.1. The Hall–Kier alpha value is -0.920. The van der Waals surface area contributed by atoms with Gasteiger partial charge in [-0.05, 0) is 38.5 Å². The van der Waals surface area contributed by atoms with Crippen LogP contribution in [0.1, 0.15) is 194 Å². The second-order valence-corrected chi connectivity index (χ2v) is 17.3. The summed E-state index contributed by atoms with van der Waals surface area (Å²) in [6.07, 6.45) is 24.2. The molecule has 1 aliphatic carbocycles. The highest BCUT2D eigenvalue weighted by Gasteiger charge is 2.51. The van der Waals surface area contributed by atoms with Crippen LogP contribution in [-0.2, 0) is 27.9 Å². The number of esters is 1. The quantitative estimate of drug-likeness (QED) is 0.0150. The molecule has 0 aromatic rings. The minimum absolute atomic E-state index is 0.0745. The van der Waals surface area contributed by atoms with Crippen molar-refractivity contribution in [3.05, 3.63) is 12.2 Å². The van der Waals surface area contributed by atoms with Crippen LogP contribution in [0.5, 0.6) is 0 Å². The molecule has 1 aliphatic rings. The van der Waals surface area contributed by atoms with Gasteiger partial charge in [-0.1, -0.05) is 161 Å². The van der Waals surface area contributed by atoms with E-state index in [0.29, 0.717) is 13.0 Å². The highest BCUT2D eigenvalue weighted by atomic mass is 31.2. The fourth-order valence-corrected chi connectivity index (χ4v) is 7.97. The average Bonchev–Trinajstić information content (AvgIpc) is 3.18. The molecule has 0 heterocycles. The molecule has 6 N–H and O–H groups in total. The number of phosphoric acid groups is 1. The predicted molar refractivity (Wildman–Crippen MR) is 221 cm³/mol. The van der Waals surface area contributed by atoms with Crippen molar-refractivity contribution in [2.45, 2.75) is 236 Å². The molecule has 0 aliphatic heterocycles. The van der Waals surface area contributed by atoms with E-state index in [9.17, 15) is 39.8 Å². The van der Waals surface area contributed by atoms with Gasteiger partial charge in [-0.3, -0.25) is 13.8 Å². The number of unbranched alkanes of at least 4 members (excludes halogenated alkanes) is 24. The van der Waals surface area contributed by atoms with Gasteiger partial charge in [0.1, 0.15) is 42.7 Å². The fourth-order valence-electron chi connectivity index (χ4n) is 7.00. The van der Waals surface area contributed by atoms with E-state index >= 15 is 0 Å². The van der Waals surface area contributed by atoms with Crippen LogP contribution in [0.2, 0.25) is 0 Å². The van der Waals surface area contributed by atoms with Crippen LogP contribution < -0.4 is 0 Å². The molecule has 1 rings (SSSR count). The lowest BCUT2D eigenvalue weighted by Gasteiger charge is -2.41. The lowest BCUT2D eigenvalue weighted by atomic mass is 9.85. The van der Waals surface area contributed by atoms with E-state index in [-0.39, 0.29) is 13.0 Å². The number of aliphatic hydroxyl groups excluding tert-OH is 5. The Balaban J connectivity index is 2.40. The maximum absolute atomic E-state index is 12.8. The Bertz CT molecular complexity index is 984. The second-order valence-electron chi connectivity index (χ2n) is 15.9. The number of hydrogen-bond acceptors (Lipinski definition) is 11. The van der Waals surface area contributed by atoms with Crippen molar-refractivity contribution in [3.63, 3.8) is 0 Å². The number of phosphoric ester groups is 1. The van der Waals surface area contributed by atoms with Gasteiger partial charge in [0.25, 0.3) is 0 Å². The van der Waals surface area contributed by atoms with Gasteiger partial charge in [0, 0.05) is 13.0 Å². The number of hydrogen-bond donors (Lipinski definition) is 6. The Labute approximate surface area is 339 Å². The standard InChI is InChI=1S/C43H83O12P/c1-3-5-7-9-11-13-15-17-18-19-21-23-25-27-29-31-33-52-34-36(35-53-56(50,51)55-43-41(48)39(46)38(45)40(47)42(43)49)54-37(44)32-30-28-26-24-22-20-16-14-12-10-8-6-4-2/h14,16,36,38-43,45-49H,3-13,15,17-35H2,1-2H3,(H,50,51)/b16-14-/t36-,38?,39-,40?,41?,42?,43?/m1/s1. The Kier molecular flexibility index (Phi) is 33.1. The van der Waals surface area contributed by atoms with Crippen molar-refractivity contribution in [2.24, 2.45) is 0 Å². The molecular formula is C43H83O12P. The molecule has 0 saturated heterocycles. The van der Waals surface area contributed by atoms with E-state index in [4.69, 9.17) is 18.5 Å². The van der Waals surface area contributed by atoms with E-state index in [1.54, 1.807) is 0 Å². The molecule has 8 atom stereocenters. The summed E-state index contributed by atoms with van der Waals surface area (Å²) >= 11 is 0. The first kappa shape index (κ1) is 53.1. The van der Waals surface area contributed by atoms with Crippen molar-refractivity contribution in [1.82, 2.24) is 0 Å². The topological polar surface area (TPSA) is 192 Å². The molecule has 0 amide bonds. The summed E-state index contributed by atoms with van der Waals surface area (Å²) in [4.78, 5) is 23.1. The zero-order chi connectivity index (χ0) is 41.3. The summed E-state index contributed by atoms with van der Waals surface area (Å²) in [5, 5.41) is 50.1. The third-order valence-electron chi connectivity index (χ3n) is 10.6. The van der Waals surface area contributed by atoms with Crippen LogP contribution in [0.3, 0.4) is 0 Å². The number of ether oxygens (including phenoxy) is 2. The highest BCUT2D eigenvalue weighted by Crippen LogP contribution is 2.47. The molecule has 0 radical (unpaired) electrons. The maximum atomic E-state index is 12.8. The second kappa shape index (κ2) is 34.9. The predicted octanol–water partition coefficient (Wildman–Crippen LogP) is 8.75. The van der Waals surface area contributed by atoms with Gasteiger partial charge in [-0.15, -0.1) is 0 Å². The van der Waals surface area contributed by atoms with Gasteiger partial charge in [0.2, 0.25) is 0 Å². The van der Waals surface area contributed by atoms with Crippen LogP contribution in [-0.4, -0.2) is 98.9 Å². The van der Waals surface area contributed by atoms with E-state index < -0.39 is 63.1 Å². The SMILES string of the molecule is CCCCCC/C=C\CCCCCCCC(=O)O[C@H](COCCCCCCCCCCCCCCCCCC)COP(=O)(O)OC1C(O)C(O)C(O)[C@@H](O)C1O. The number of rotatable bonds is 38. The van der Waals surface area contributed by atoms with Crippen molar-refractivity contribution < 1.29 is 58.3 Å². The maximum Gasteiger partial charge on any atom is 0.472 e. The number of aliphatic hydroxyl groups is 5. The first-order valence-electron chi connectivity index (χ1n) is 22.5. The zero-order valence-corrected chi connectivity index (χ0v) is 36.1. The first-order valence-corrected chi connectivity index (χ1v) is 24.0. The van der Waals surface area contributed by atoms with E-state index in [1.807, 2.05) is 0 Å². The molecule has 0 bridgehead atoms. The summed E-state index contributed by atoms with van der Waals surface area (Å²) in [6, 6.07) is 0. The molecule has 56 heavy (non-hydrogen) atoms. The first-order chi connectivity index (χ1) is 27.0. The van der Waals surface area contributed by atoms with Gasteiger partial charge in [0.05, 0.1) is 13.2 Å². The Morgan fingerprint density at radius 1 is 0.554 bits per heavy atom. The molecule has 1 fully saturated rings. The minimum Gasteiger partial charge on any atom is -0.457 e. The Morgan fingerprint density at radius 2 is 0.946 bits per heavy atom. The average molecular weight is 823 g/mol. The third kappa shape index (κ3) is 27.0. The van der Waals surface area contributed by atoms with Gasteiger partial charge in [-0.2, -0.15) is 0 Å². The van der Waals surface area contributed by atoms with Crippen molar-refractivity contribution in [2.75, 3.05) is 19.8 Å². The van der Waals surface area contributed by atoms with Gasteiger partial charge in [-0.25, -0.2) is 4.57 Å². The fraction of sp³-hybridized carbons (Fsp3) is 0.930. The normalized spacial score (nSPS) is 23.1. The smallest absolute Gasteiger partial charge is 0.457 e. The Morgan fingerprint density at radius 3 is 1.43 bits per heavy atom. The minimum atomic E-state index is -5.01. The summed E-state index contributed by atoms with van der Waals surface area (Å²) in [5.74, 6) is -0.484. The van der Waals surface area contributed by atoms with Gasteiger partial charge < -0.3 is 39.9 Å². The summed E-state index contributed by atoms with van der Waals surface area (Å²) in [6.45, 7) is 4.25. The number of carbonyl (C=O) groups is 1. The van der Waals surface area contributed by atoms with Gasteiger partial charge in [0.15, 0.2) is 0 Å². The summed E-state index contributed by atoms with van der Waals surface area (Å²) in [7, 11) is -5.01. The molecule has 0 aromatic heterocycles. The van der Waals surface area contributed by atoms with Crippen molar-refractivity contribution in [3.8, 4) is 0 Å². The molecule has 0 spiro atoms. The lowest BCUT2D eigenvalue weighted by molar-refractivity contribution is -0.220. The van der Waals surface area contributed by atoms with Crippen LogP contribution in [0.25, 0.3) is 0 Å². The molecule has 0 aromatic carbocycles.